The standard InChI is InChI=1S/C31H32N2O4/c1-35-26-13-8-21(9-14-26)20-32-30(34)15-12-24-16-23-11-10-22-6-4-5-7-29(22)31(23)33(24)25-17-27(36-2)19-28(18-25)37-3/h4-9,13-14,16-19H,10-12,15,20H2,1-3H3,(H,32,34). The lowest BCUT2D eigenvalue weighted by Gasteiger charge is -2.21. The summed E-state index contributed by atoms with van der Waals surface area (Å²) in [6, 6.07) is 24.5. The fraction of sp³-hybridized carbons (Fsp3) is 0.258. The van der Waals surface area contributed by atoms with Gasteiger partial charge in [-0.2, -0.15) is 0 Å². The summed E-state index contributed by atoms with van der Waals surface area (Å²) in [5.41, 5.74) is 8.15. The number of carbonyl (C=O) groups is 1. The molecule has 0 saturated carbocycles. The van der Waals surface area contributed by atoms with Crippen LogP contribution in [0.1, 0.15) is 28.8 Å². The molecule has 0 bridgehead atoms. The van der Waals surface area contributed by atoms with Gasteiger partial charge in [-0.3, -0.25) is 4.79 Å². The Labute approximate surface area is 217 Å². The number of benzene rings is 3. The van der Waals surface area contributed by atoms with Gasteiger partial charge in [0.15, 0.2) is 0 Å². The summed E-state index contributed by atoms with van der Waals surface area (Å²) < 4.78 is 18.6. The Morgan fingerprint density at radius 3 is 2.19 bits per heavy atom. The van der Waals surface area contributed by atoms with Gasteiger partial charge < -0.3 is 24.1 Å². The Kier molecular flexibility index (Phi) is 7.17. The minimum Gasteiger partial charge on any atom is -0.497 e. The number of carbonyl (C=O) groups excluding carboxylic acids is 1. The van der Waals surface area contributed by atoms with E-state index in [0.29, 0.717) is 19.4 Å². The molecule has 0 unspecified atom stereocenters. The number of rotatable bonds is 9. The molecule has 0 aliphatic heterocycles. The lowest BCUT2D eigenvalue weighted by atomic mass is 9.90. The topological polar surface area (TPSA) is 61.7 Å². The highest BCUT2D eigenvalue weighted by atomic mass is 16.5. The van der Waals surface area contributed by atoms with Gasteiger partial charge >= 0.3 is 0 Å². The first-order chi connectivity index (χ1) is 18.1. The van der Waals surface area contributed by atoms with Crippen molar-refractivity contribution in [3.63, 3.8) is 0 Å². The van der Waals surface area contributed by atoms with Crippen LogP contribution in [-0.4, -0.2) is 31.8 Å². The van der Waals surface area contributed by atoms with E-state index in [0.717, 1.165) is 47.0 Å². The minimum atomic E-state index is 0.0187. The van der Waals surface area contributed by atoms with Gasteiger partial charge in [0.05, 0.1) is 32.7 Å². The molecule has 1 amide bonds. The number of hydrogen-bond donors (Lipinski definition) is 1. The monoisotopic (exact) mass is 496 g/mol. The molecule has 0 fully saturated rings. The molecular formula is C31H32N2O4. The maximum atomic E-state index is 12.8. The average molecular weight is 497 g/mol. The van der Waals surface area contributed by atoms with Gasteiger partial charge in [-0.15, -0.1) is 0 Å². The third-order valence-electron chi connectivity index (χ3n) is 6.94. The molecule has 3 aromatic carbocycles. The van der Waals surface area contributed by atoms with Gasteiger partial charge in [0.25, 0.3) is 0 Å². The molecule has 6 nitrogen and oxygen atoms in total. The van der Waals surface area contributed by atoms with Crippen LogP contribution >= 0.6 is 0 Å². The van der Waals surface area contributed by atoms with Crippen LogP contribution in [0.2, 0.25) is 0 Å². The third-order valence-corrected chi connectivity index (χ3v) is 6.94. The number of hydrogen-bond acceptors (Lipinski definition) is 4. The van der Waals surface area contributed by atoms with Gasteiger partial charge in [-0.1, -0.05) is 36.4 Å². The molecule has 1 aliphatic rings. The lowest BCUT2D eigenvalue weighted by molar-refractivity contribution is -0.121. The zero-order valence-corrected chi connectivity index (χ0v) is 21.5. The van der Waals surface area contributed by atoms with E-state index in [1.807, 2.05) is 42.5 Å². The molecule has 1 aromatic heterocycles. The molecule has 5 rings (SSSR count). The summed E-state index contributed by atoms with van der Waals surface area (Å²) >= 11 is 0. The quantitative estimate of drug-likeness (QED) is 0.332. The average Bonchev–Trinajstić information content (AvgIpc) is 3.34. The van der Waals surface area contributed by atoms with E-state index in [4.69, 9.17) is 14.2 Å². The number of nitrogens with zero attached hydrogens (tertiary/aromatic N) is 1. The minimum absolute atomic E-state index is 0.0187. The highest BCUT2D eigenvalue weighted by Crippen LogP contribution is 2.39. The Morgan fingerprint density at radius 2 is 1.49 bits per heavy atom. The van der Waals surface area contributed by atoms with Crippen molar-refractivity contribution in [2.24, 2.45) is 0 Å². The number of aryl methyl sites for hydroxylation is 3. The van der Waals surface area contributed by atoms with Crippen LogP contribution < -0.4 is 19.5 Å². The van der Waals surface area contributed by atoms with Crippen LogP contribution in [0.15, 0.2) is 72.8 Å². The van der Waals surface area contributed by atoms with Crippen molar-refractivity contribution < 1.29 is 19.0 Å². The Hall–Kier alpha value is -4.19. The first kappa shape index (κ1) is 24.5. The summed E-state index contributed by atoms with van der Waals surface area (Å²) in [5.74, 6) is 2.27. The van der Waals surface area contributed by atoms with E-state index in [1.54, 1.807) is 21.3 Å². The molecule has 0 spiro atoms. The molecule has 190 valence electrons. The maximum Gasteiger partial charge on any atom is 0.220 e. The molecule has 0 atom stereocenters. The first-order valence-corrected chi connectivity index (χ1v) is 12.5. The van der Waals surface area contributed by atoms with Crippen molar-refractivity contribution in [1.82, 2.24) is 9.88 Å². The van der Waals surface area contributed by atoms with E-state index in [1.165, 1.54) is 22.4 Å². The van der Waals surface area contributed by atoms with E-state index in [-0.39, 0.29) is 5.91 Å². The summed E-state index contributed by atoms with van der Waals surface area (Å²) in [4.78, 5) is 12.8. The van der Waals surface area contributed by atoms with Crippen LogP contribution in [-0.2, 0) is 30.6 Å². The number of fused-ring (bicyclic) bond motifs is 3. The predicted molar refractivity (Wildman–Crippen MR) is 145 cm³/mol. The van der Waals surface area contributed by atoms with Crippen LogP contribution in [0, 0.1) is 0 Å². The molecule has 1 aliphatic carbocycles. The Balaban J connectivity index is 1.44. The van der Waals surface area contributed by atoms with Gasteiger partial charge in [0.1, 0.15) is 17.2 Å². The van der Waals surface area contributed by atoms with Crippen molar-refractivity contribution >= 4 is 5.91 Å². The number of amides is 1. The zero-order chi connectivity index (χ0) is 25.8. The number of nitrogens with one attached hydrogen (secondary N) is 1. The van der Waals surface area contributed by atoms with Crippen molar-refractivity contribution in [1.29, 1.82) is 0 Å². The van der Waals surface area contributed by atoms with Gasteiger partial charge in [0.2, 0.25) is 5.91 Å². The van der Waals surface area contributed by atoms with E-state index >= 15 is 0 Å². The SMILES string of the molecule is COc1ccc(CNC(=O)CCc2cc3c(n2-c2cc(OC)cc(OC)c2)-c2ccccc2CC3)cc1. The molecule has 1 heterocycles. The van der Waals surface area contributed by atoms with E-state index in [9.17, 15) is 4.79 Å². The number of methoxy groups -OCH3 is 3. The van der Waals surface area contributed by atoms with Crippen LogP contribution in [0.25, 0.3) is 16.9 Å². The van der Waals surface area contributed by atoms with Gasteiger partial charge in [-0.05, 0) is 54.2 Å². The van der Waals surface area contributed by atoms with Crippen LogP contribution in [0.3, 0.4) is 0 Å². The lowest BCUT2D eigenvalue weighted by Crippen LogP contribution is -2.23. The molecule has 1 N–H and O–H groups in total. The second-order valence-electron chi connectivity index (χ2n) is 9.20. The number of ether oxygens (including phenoxy) is 3. The highest BCUT2D eigenvalue weighted by Gasteiger charge is 2.24. The Morgan fingerprint density at radius 1 is 0.811 bits per heavy atom. The van der Waals surface area contributed by atoms with Crippen molar-refractivity contribution in [2.75, 3.05) is 21.3 Å². The Bertz CT molecular complexity index is 1380. The predicted octanol–water partition coefficient (Wildman–Crippen LogP) is 5.52. The van der Waals surface area contributed by atoms with Crippen LogP contribution in [0.4, 0.5) is 0 Å². The maximum absolute atomic E-state index is 12.8. The molecule has 0 radical (unpaired) electrons. The molecular weight excluding hydrogens is 464 g/mol. The summed E-state index contributed by atoms with van der Waals surface area (Å²) in [7, 11) is 4.96. The third kappa shape index (κ3) is 5.19. The van der Waals surface area contributed by atoms with Crippen molar-refractivity contribution in [2.45, 2.75) is 32.2 Å². The molecule has 0 saturated heterocycles. The first-order valence-electron chi connectivity index (χ1n) is 12.5. The van der Waals surface area contributed by atoms with Gasteiger partial charge in [0, 0.05) is 42.4 Å². The summed E-state index contributed by atoms with van der Waals surface area (Å²) in [5, 5.41) is 3.05. The molecule has 4 aromatic rings. The molecule has 6 heteroatoms. The van der Waals surface area contributed by atoms with E-state index < -0.39 is 0 Å². The van der Waals surface area contributed by atoms with E-state index in [2.05, 4.69) is 40.2 Å². The smallest absolute Gasteiger partial charge is 0.220 e. The fourth-order valence-corrected chi connectivity index (χ4v) is 5.02. The zero-order valence-electron chi connectivity index (χ0n) is 21.5. The highest BCUT2D eigenvalue weighted by molar-refractivity contribution is 5.77. The second kappa shape index (κ2) is 10.8. The largest absolute Gasteiger partial charge is 0.497 e. The summed E-state index contributed by atoms with van der Waals surface area (Å²) in [6.07, 6.45) is 2.98. The fourth-order valence-electron chi connectivity index (χ4n) is 5.02. The summed E-state index contributed by atoms with van der Waals surface area (Å²) in [6.45, 7) is 0.487. The van der Waals surface area contributed by atoms with Crippen molar-refractivity contribution in [3.8, 4) is 34.2 Å². The number of aromatic nitrogens is 1. The second-order valence-corrected chi connectivity index (χ2v) is 9.20. The van der Waals surface area contributed by atoms with Crippen molar-refractivity contribution in [3.05, 3.63) is 95.2 Å². The van der Waals surface area contributed by atoms with Gasteiger partial charge in [-0.25, -0.2) is 0 Å². The normalized spacial score (nSPS) is 11.9. The molecule has 37 heavy (non-hydrogen) atoms. The van der Waals surface area contributed by atoms with Crippen LogP contribution in [0.5, 0.6) is 17.2 Å².